The smallest absolute Gasteiger partial charge is 0.142 e. The van der Waals surface area contributed by atoms with Crippen LogP contribution in [0.5, 0.6) is 0 Å². The summed E-state index contributed by atoms with van der Waals surface area (Å²) >= 11 is 0. The molecule has 22 valence electrons. The van der Waals surface area contributed by atoms with E-state index < -0.39 is 0 Å². The van der Waals surface area contributed by atoms with Gasteiger partial charge in [-0.25, -0.2) is 0 Å². The van der Waals surface area contributed by atoms with Gasteiger partial charge in [0.2, 0.25) is 0 Å². The first-order valence-electron chi connectivity index (χ1n) is 1.38. The number of hydrogen-bond acceptors (Lipinski definition) is 1. The van der Waals surface area contributed by atoms with Gasteiger partial charge >= 0.3 is 0 Å². The summed E-state index contributed by atoms with van der Waals surface area (Å²) in [6.45, 7) is 2.97. The van der Waals surface area contributed by atoms with Gasteiger partial charge in [-0.3, -0.25) is 4.79 Å². The van der Waals surface area contributed by atoms with Crippen molar-refractivity contribution in [2.75, 3.05) is 0 Å². The van der Waals surface area contributed by atoms with Gasteiger partial charge in [0.15, 0.2) is 0 Å². The summed E-state index contributed by atoms with van der Waals surface area (Å²) in [5.41, 5.74) is 0. The van der Waals surface area contributed by atoms with Crippen LogP contribution >= 0.6 is 0 Å². The highest BCUT2D eigenvalue weighted by molar-refractivity contribution is 5.63. The highest BCUT2D eigenvalue weighted by Crippen LogP contribution is 1.35. The van der Waals surface area contributed by atoms with E-state index in [1.54, 1.807) is 0 Å². The van der Waals surface area contributed by atoms with Crippen molar-refractivity contribution in [3.63, 3.8) is 0 Å². The number of hydrogen-bond donors (Lipinski definition) is 0. The Morgan fingerprint density at radius 1 is 2.25 bits per heavy atom. The summed E-state index contributed by atoms with van der Waals surface area (Å²) < 4.78 is 6.26. The molecule has 0 fully saturated rings. The molecule has 0 bridgehead atoms. The average molecular weight is 57.1 g/mol. The normalized spacial score (nSPS) is 8.50. The predicted molar refractivity (Wildman–Crippen MR) is 16.3 cm³/mol. The minimum Gasteiger partial charge on any atom is -0.299 e. The predicted octanol–water partition coefficient (Wildman–Crippen LogP) is 0.371. The Bertz CT molecular complexity index is 57.9. The Balaban J connectivity index is 3.20. The van der Waals surface area contributed by atoms with Gasteiger partial charge in [-0.1, -0.05) is 6.58 Å². The van der Waals surface area contributed by atoms with E-state index in [0.717, 1.165) is 0 Å². The van der Waals surface area contributed by atoms with E-state index in [2.05, 4.69) is 6.58 Å². The molecule has 0 atom stereocenters. The van der Waals surface area contributed by atoms with E-state index in [1.807, 2.05) is 0 Å². The zero-order valence-corrected chi connectivity index (χ0v) is 2.19. The summed E-state index contributed by atoms with van der Waals surface area (Å²) in [6.07, 6.45) is 0.389. The quantitative estimate of drug-likeness (QED) is 0.314. The molecule has 0 aliphatic heterocycles. The molecule has 0 saturated heterocycles. The van der Waals surface area contributed by atoms with Crippen LogP contribution in [-0.2, 0) is 4.79 Å². The maximum atomic E-state index is 9.22. The second kappa shape index (κ2) is 2.41. The van der Waals surface area contributed by atoms with Gasteiger partial charge in [0.25, 0.3) is 0 Å². The number of allylic oxidation sites excluding steroid dienone is 1. The van der Waals surface area contributed by atoms with Crippen molar-refractivity contribution in [3.05, 3.63) is 12.6 Å². The third kappa shape index (κ3) is 1.41. The molecular weight excluding hydrogens is 52.0 g/mol. The van der Waals surface area contributed by atoms with Crippen molar-refractivity contribution in [2.45, 2.75) is 0 Å². The molecule has 0 N–H and O–H groups in total. The Morgan fingerprint density at radius 3 is 2.50 bits per heavy atom. The molecule has 0 radical (unpaired) electrons. The summed E-state index contributed by atoms with van der Waals surface area (Å²) in [7, 11) is 0. The van der Waals surface area contributed by atoms with Gasteiger partial charge in [-0.2, -0.15) is 0 Å². The van der Waals surface area contributed by atoms with Crippen LogP contribution in [0.25, 0.3) is 0 Å². The van der Waals surface area contributed by atoms with Crippen LogP contribution < -0.4 is 0 Å². The standard InChI is InChI=1S/C3H4O/c1-2-3-4/h2-3H,1H2/i2D. The first-order chi connectivity index (χ1) is 2.27. The molecule has 1 nitrogen and oxygen atoms in total. The van der Waals surface area contributed by atoms with Crippen LogP contribution in [0.1, 0.15) is 1.37 Å². The number of rotatable bonds is 1. The van der Waals surface area contributed by atoms with Crippen molar-refractivity contribution in [1.82, 2.24) is 0 Å². The Labute approximate surface area is 26.3 Å². The fourth-order valence-electron chi connectivity index (χ4n) is 0. The third-order valence-corrected chi connectivity index (χ3v) is 0.0833. The molecule has 0 rings (SSSR count). The molecular formula is C3H4O. The molecule has 4 heavy (non-hydrogen) atoms. The molecule has 0 aliphatic carbocycles. The van der Waals surface area contributed by atoms with Crippen LogP contribution in [0.4, 0.5) is 0 Å². The average Bonchev–Trinajstić information content (AvgIpc) is 1.38. The molecule has 0 saturated carbocycles. The molecule has 1 heteroatoms. The lowest BCUT2D eigenvalue weighted by atomic mass is 10.8. The zero-order chi connectivity index (χ0) is 4.28. The van der Waals surface area contributed by atoms with E-state index >= 15 is 0 Å². The molecule has 0 aromatic rings. The monoisotopic (exact) mass is 57.0 g/mol. The molecule has 0 aliphatic rings. The van der Waals surface area contributed by atoms with E-state index in [9.17, 15) is 4.79 Å². The van der Waals surface area contributed by atoms with Gasteiger partial charge in [0.05, 0.1) is 1.37 Å². The fourth-order valence-corrected chi connectivity index (χ4v) is 0. The van der Waals surface area contributed by atoms with Crippen LogP contribution in [0.2, 0.25) is 0 Å². The lowest BCUT2D eigenvalue weighted by molar-refractivity contribution is -0.104. The molecule has 0 aromatic heterocycles. The van der Waals surface area contributed by atoms with Gasteiger partial charge in [-0.05, 0) is 6.05 Å². The maximum absolute atomic E-state index is 9.22. The summed E-state index contributed by atoms with van der Waals surface area (Å²) in [4.78, 5) is 9.22. The van der Waals surface area contributed by atoms with E-state index in [-0.39, 0.29) is 6.05 Å². The van der Waals surface area contributed by atoms with Crippen molar-refractivity contribution >= 4 is 6.29 Å². The number of aldehydes is 1. The summed E-state index contributed by atoms with van der Waals surface area (Å²) in [6, 6.07) is -0.176. The van der Waals surface area contributed by atoms with E-state index in [0.29, 0.717) is 6.29 Å². The second-order valence-electron chi connectivity index (χ2n) is 0.322. The lowest BCUT2D eigenvalue weighted by Crippen LogP contribution is -1.44. The number of carbonyl (C=O) groups excluding carboxylic acids is 1. The largest absolute Gasteiger partial charge is 0.299 e. The molecule has 0 heterocycles. The Morgan fingerprint density at radius 2 is 2.50 bits per heavy atom. The summed E-state index contributed by atoms with van der Waals surface area (Å²) in [5.74, 6) is 0. The molecule has 0 aromatic carbocycles. The minimum absolute atomic E-state index is 0.176. The van der Waals surface area contributed by atoms with Gasteiger partial charge < -0.3 is 0 Å². The van der Waals surface area contributed by atoms with Crippen LogP contribution in [0.15, 0.2) is 12.6 Å². The van der Waals surface area contributed by atoms with Crippen LogP contribution in [-0.4, -0.2) is 6.29 Å². The van der Waals surface area contributed by atoms with Crippen LogP contribution in [0.3, 0.4) is 0 Å². The van der Waals surface area contributed by atoms with Crippen molar-refractivity contribution in [2.24, 2.45) is 0 Å². The van der Waals surface area contributed by atoms with Gasteiger partial charge in [0.1, 0.15) is 6.29 Å². The molecule has 0 unspecified atom stereocenters. The van der Waals surface area contributed by atoms with Crippen molar-refractivity contribution in [1.29, 1.82) is 0 Å². The fraction of sp³-hybridized carbons (Fsp3) is 0. The minimum atomic E-state index is -0.176. The summed E-state index contributed by atoms with van der Waals surface area (Å²) in [5, 5.41) is 0. The molecule has 0 spiro atoms. The maximum Gasteiger partial charge on any atom is 0.142 e. The SMILES string of the molecule is [2H]C(=C)C=O. The first kappa shape index (κ1) is 1.70. The first-order valence-corrected chi connectivity index (χ1v) is 0.878. The zero-order valence-electron chi connectivity index (χ0n) is 3.19. The van der Waals surface area contributed by atoms with E-state index in [1.165, 1.54) is 0 Å². The van der Waals surface area contributed by atoms with Crippen molar-refractivity contribution in [3.8, 4) is 0 Å². The Kier molecular flexibility index (Phi) is 1.03. The lowest BCUT2D eigenvalue weighted by Gasteiger charge is -1.37. The van der Waals surface area contributed by atoms with Crippen molar-refractivity contribution < 1.29 is 6.17 Å². The number of carbonyl (C=O) groups is 1. The topological polar surface area (TPSA) is 17.1 Å². The highest BCUT2D eigenvalue weighted by atomic mass is 16.1. The van der Waals surface area contributed by atoms with Gasteiger partial charge in [-0.15, -0.1) is 0 Å². The highest BCUT2D eigenvalue weighted by Gasteiger charge is 1.38. The Hall–Kier alpha value is -0.590. The second-order valence-corrected chi connectivity index (χ2v) is 0.322. The third-order valence-electron chi connectivity index (χ3n) is 0.0833. The van der Waals surface area contributed by atoms with E-state index in [4.69, 9.17) is 1.37 Å². The van der Waals surface area contributed by atoms with Crippen LogP contribution in [0, 0.1) is 0 Å². The molecule has 0 amide bonds. The van der Waals surface area contributed by atoms with Gasteiger partial charge in [0, 0.05) is 0 Å².